The molecule has 0 unspecified atom stereocenters. The van der Waals surface area contributed by atoms with E-state index in [1.165, 1.54) is 11.1 Å². The van der Waals surface area contributed by atoms with Crippen LogP contribution in [0.2, 0.25) is 0 Å². The number of amides is 1. The van der Waals surface area contributed by atoms with Gasteiger partial charge in [0.2, 0.25) is 5.69 Å². The minimum Gasteiger partial charge on any atom is -0.485 e. The van der Waals surface area contributed by atoms with Crippen molar-refractivity contribution in [2.24, 2.45) is 0 Å². The highest BCUT2D eigenvalue weighted by Gasteiger charge is 2.37. The minimum absolute atomic E-state index is 0.0352. The van der Waals surface area contributed by atoms with E-state index in [0.29, 0.717) is 52.3 Å². The van der Waals surface area contributed by atoms with Crippen molar-refractivity contribution < 1.29 is 38.1 Å². The van der Waals surface area contributed by atoms with E-state index in [2.05, 4.69) is 50.3 Å². The lowest BCUT2D eigenvalue weighted by atomic mass is 9.63. The number of aromatic nitrogens is 2. The molecule has 0 fully saturated rings. The molecule has 0 bridgehead atoms. The Morgan fingerprint density at radius 3 is 1.94 bits per heavy atom. The van der Waals surface area contributed by atoms with Crippen LogP contribution in [0.1, 0.15) is 108 Å². The molecule has 0 aliphatic heterocycles. The Morgan fingerprint density at radius 1 is 0.741 bits per heavy atom. The number of unbranched alkanes of at least 4 members (excludes halogenated alkanes) is 2. The summed E-state index contributed by atoms with van der Waals surface area (Å²) >= 11 is 0. The van der Waals surface area contributed by atoms with Crippen LogP contribution in [0.5, 0.6) is 5.75 Å². The van der Waals surface area contributed by atoms with Gasteiger partial charge < -0.3 is 24.7 Å². The Hall–Kier alpha value is -5.97. The van der Waals surface area contributed by atoms with Gasteiger partial charge in [0.05, 0.1) is 24.3 Å². The van der Waals surface area contributed by atoms with Crippen LogP contribution in [0, 0.1) is 5.21 Å². The number of fused-ring (bicyclic) bond motifs is 1. The Kier molecular flexibility index (Phi) is 11.4. The third kappa shape index (κ3) is 8.97. The molecule has 0 saturated carbocycles. The predicted octanol–water partition coefficient (Wildman–Crippen LogP) is 8.34. The maximum absolute atomic E-state index is 13.0. The van der Waals surface area contributed by atoms with E-state index in [9.17, 15) is 19.6 Å². The monoisotopic (exact) mass is 731 g/mol. The average molecular weight is 732 g/mol. The topological polar surface area (TPSA) is 144 Å². The first kappa shape index (κ1) is 37.8. The highest BCUT2D eigenvalue weighted by atomic mass is 16.8. The fraction of sp³-hybridized carbons (Fsp3) is 0.326. The van der Waals surface area contributed by atoms with Crippen LogP contribution < -0.4 is 15.0 Å². The highest BCUT2D eigenvalue weighted by Crippen LogP contribution is 2.46. The van der Waals surface area contributed by atoms with Gasteiger partial charge in [-0.15, -0.1) is 0 Å². The number of nitrogens with zero attached hydrogens (tertiary/aromatic N) is 2. The molecule has 11 nitrogen and oxygen atoms in total. The van der Waals surface area contributed by atoms with Gasteiger partial charge in [-0.1, -0.05) is 64.1 Å². The summed E-state index contributed by atoms with van der Waals surface area (Å²) < 4.78 is 21.3. The number of carbonyl (C=O) groups excluding carboxylic acids is 3. The molecule has 5 aromatic rings. The summed E-state index contributed by atoms with van der Waals surface area (Å²) in [6.45, 7) is 9.40. The summed E-state index contributed by atoms with van der Waals surface area (Å²) in [5.41, 5.74) is 6.00. The van der Waals surface area contributed by atoms with E-state index in [1.807, 2.05) is 36.4 Å². The van der Waals surface area contributed by atoms with Crippen LogP contribution in [0.25, 0.3) is 11.3 Å². The normalized spacial score (nSPS) is 14.1. The van der Waals surface area contributed by atoms with Crippen LogP contribution in [-0.2, 0) is 26.9 Å². The van der Waals surface area contributed by atoms with Crippen molar-refractivity contribution in [2.75, 3.05) is 18.5 Å². The lowest BCUT2D eigenvalue weighted by Gasteiger charge is -2.42. The quantitative estimate of drug-likeness (QED) is 0.0677. The second kappa shape index (κ2) is 16.4. The van der Waals surface area contributed by atoms with Crippen LogP contribution in [0.4, 0.5) is 5.69 Å². The van der Waals surface area contributed by atoms with E-state index < -0.39 is 11.9 Å². The van der Waals surface area contributed by atoms with Crippen molar-refractivity contribution >= 4 is 23.5 Å². The van der Waals surface area contributed by atoms with E-state index in [4.69, 9.17) is 18.8 Å². The van der Waals surface area contributed by atoms with Crippen molar-refractivity contribution in [2.45, 2.75) is 77.2 Å². The van der Waals surface area contributed by atoms with Crippen molar-refractivity contribution in [3.8, 4) is 17.0 Å². The van der Waals surface area contributed by atoms with Crippen LogP contribution in [0.3, 0.4) is 0 Å². The second-order valence-electron chi connectivity index (χ2n) is 14.8. The first-order chi connectivity index (χ1) is 25.9. The smallest absolute Gasteiger partial charge is 0.338 e. The molecule has 1 aliphatic carbocycles. The van der Waals surface area contributed by atoms with Gasteiger partial charge in [0.25, 0.3) is 11.6 Å². The van der Waals surface area contributed by atoms with Gasteiger partial charge in [-0.3, -0.25) is 9.42 Å². The number of hydrogen-bond donors (Lipinski definition) is 1. The molecule has 1 aliphatic rings. The number of anilines is 1. The lowest BCUT2D eigenvalue weighted by molar-refractivity contribution is -0.808. The molecule has 54 heavy (non-hydrogen) atoms. The Morgan fingerprint density at radius 2 is 1.31 bits per heavy atom. The molecule has 1 heterocycles. The number of carbonyl (C=O) groups is 3. The number of benzene rings is 4. The third-order valence-corrected chi connectivity index (χ3v) is 9.96. The van der Waals surface area contributed by atoms with Crippen LogP contribution >= 0.6 is 0 Å². The minimum atomic E-state index is -0.469. The van der Waals surface area contributed by atoms with Gasteiger partial charge >= 0.3 is 11.9 Å². The number of ether oxygens (including phenoxy) is 3. The standard InChI is InChI=1S/C43H45N3O8/c1-42(2)23-24-43(3,4)36-27-33(19-22-35(36)42)44-39(47)30-13-15-31(16-14-30)40(48)51-25-9-6-10-26-52-41(49)32-17-20-34(21-18-32)53-28-37-38(45-54-46(37)50)29-11-7-5-8-12-29/h5,7-8,11-22,27H,6,9-10,23-26,28H2,1-4H3,(H,44,47). The third-order valence-electron chi connectivity index (χ3n) is 9.96. The van der Waals surface area contributed by atoms with E-state index >= 15 is 0 Å². The number of hydrogen-bond acceptors (Lipinski definition) is 9. The maximum atomic E-state index is 13.0. The summed E-state index contributed by atoms with van der Waals surface area (Å²) in [7, 11) is 0. The number of esters is 2. The van der Waals surface area contributed by atoms with Crippen LogP contribution in [0.15, 0.2) is 102 Å². The number of rotatable bonds is 14. The maximum Gasteiger partial charge on any atom is 0.338 e. The molecule has 1 N–H and O–H groups in total. The van der Waals surface area contributed by atoms with Crippen molar-refractivity contribution in [3.63, 3.8) is 0 Å². The van der Waals surface area contributed by atoms with E-state index in [0.717, 1.165) is 24.1 Å². The number of nitrogens with one attached hydrogen (secondary N) is 1. The summed E-state index contributed by atoms with van der Waals surface area (Å²) in [5, 5.41) is 18.9. The summed E-state index contributed by atoms with van der Waals surface area (Å²) in [6.07, 6.45) is 4.11. The molecular weight excluding hydrogens is 686 g/mol. The average Bonchev–Trinajstić information content (AvgIpc) is 3.55. The zero-order valence-corrected chi connectivity index (χ0v) is 31.1. The molecule has 280 valence electrons. The van der Waals surface area contributed by atoms with Crippen molar-refractivity contribution in [3.05, 3.63) is 136 Å². The first-order valence-corrected chi connectivity index (χ1v) is 18.2. The van der Waals surface area contributed by atoms with E-state index in [-0.39, 0.29) is 42.3 Å². The van der Waals surface area contributed by atoms with Gasteiger partial charge in [0.1, 0.15) is 5.75 Å². The van der Waals surface area contributed by atoms with Crippen molar-refractivity contribution in [1.82, 2.24) is 5.16 Å². The first-order valence-electron chi connectivity index (χ1n) is 18.2. The molecule has 0 saturated heterocycles. The van der Waals surface area contributed by atoms with Gasteiger partial charge in [-0.2, -0.15) is 0 Å². The highest BCUT2D eigenvalue weighted by molar-refractivity contribution is 6.05. The van der Waals surface area contributed by atoms with Gasteiger partial charge in [-0.25, -0.2) is 9.59 Å². The summed E-state index contributed by atoms with van der Waals surface area (Å²) in [4.78, 5) is 38.4. The Labute approximate surface area is 314 Å². The molecule has 11 heteroatoms. The summed E-state index contributed by atoms with van der Waals surface area (Å²) in [5.74, 6) is -0.725. The van der Waals surface area contributed by atoms with Gasteiger partial charge in [0, 0.05) is 22.0 Å². The fourth-order valence-electron chi connectivity index (χ4n) is 6.55. The molecular formula is C43H45N3O8. The molecule has 0 spiro atoms. The fourth-order valence-corrected chi connectivity index (χ4v) is 6.55. The van der Waals surface area contributed by atoms with Crippen LogP contribution in [-0.4, -0.2) is 36.2 Å². The predicted molar refractivity (Wildman–Crippen MR) is 202 cm³/mol. The van der Waals surface area contributed by atoms with Gasteiger partial charge in [0.15, 0.2) is 6.61 Å². The second-order valence-corrected chi connectivity index (χ2v) is 14.8. The Balaban J connectivity index is 0.876. The molecule has 0 atom stereocenters. The van der Waals surface area contributed by atoms with Gasteiger partial charge in [-0.05, 0) is 120 Å². The summed E-state index contributed by atoms with van der Waals surface area (Å²) in [6, 6.07) is 28.2. The molecule has 0 radical (unpaired) electrons. The van der Waals surface area contributed by atoms with Crippen molar-refractivity contribution in [1.29, 1.82) is 0 Å². The largest absolute Gasteiger partial charge is 0.485 e. The molecule has 1 amide bonds. The zero-order valence-electron chi connectivity index (χ0n) is 31.1. The lowest BCUT2D eigenvalue weighted by Crippen LogP contribution is -2.33. The molecule has 6 rings (SSSR count). The SMILES string of the molecule is CC1(C)CCC(C)(C)c2cc(NC(=O)c3ccc(C(=O)OCCCCCOC(=O)c4ccc(OCc5c(-c6ccccc6)no[n+]5[O-])cc4)cc3)ccc21. The molecule has 4 aromatic carbocycles. The zero-order chi connectivity index (χ0) is 38.3. The Bertz CT molecular complexity index is 2090. The molecule has 1 aromatic heterocycles. The van der Waals surface area contributed by atoms with E-state index in [1.54, 1.807) is 48.5 Å².